The maximum Gasteiger partial charge on any atom is 0.416 e. The van der Waals surface area contributed by atoms with E-state index in [1.54, 1.807) is 4.90 Å². The average molecular weight is 487 g/mol. The van der Waals surface area contributed by atoms with E-state index in [1.807, 2.05) is 32.0 Å². The van der Waals surface area contributed by atoms with Gasteiger partial charge in [-0.2, -0.15) is 26.3 Å². The van der Waals surface area contributed by atoms with Crippen LogP contribution < -0.4 is 5.32 Å². The molecule has 0 unspecified atom stereocenters. The third-order valence-corrected chi connectivity index (χ3v) is 5.61. The second-order valence-corrected chi connectivity index (χ2v) is 8.18. The van der Waals surface area contributed by atoms with Crippen molar-refractivity contribution in [3.63, 3.8) is 0 Å². The molecule has 1 N–H and O–H groups in total. The Balaban J connectivity index is 1.65. The normalized spacial score (nSPS) is 15.4. The van der Waals surface area contributed by atoms with Crippen LogP contribution in [0.4, 0.5) is 32.0 Å². The van der Waals surface area contributed by atoms with Crippen molar-refractivity contribution in [2.24, 2.45) is 0 Å². The highest BCUT2D eigenvalue weighted by molar-refractivity contribution is 5.95. The van der Waals surface area contributed by atoms with Crippen LogP contribution in [0.2, 0.25) is 0 Å². The van der Waals surface area contributed by atoms with Gasteiger partial charge in [0.2, 0.25) is 5.91 Å². The Hall–Kier alpha value is -3.08. The fraction of sp³-hybridized carbons (Fsp3) is 0.391. The number of nitrogens with zero attached hydrogens (tertiary/aromatic N) is 2. The van der Waals surface area contributed by atoms with E-state index in [4.69, 9.17) is 0 Å². The van der Waals surface area contributed by atoms with E-state index >= 15 is 0 Å². The SMILES string of the molecule is Cc1cccc(C)c1NC(=O)CN1CCN(C(=O)c2cc(C(F)(F)F)cc(C(F)(F)F)c2)CC1. The van der Waals surface area contributed by atoms with E-state index in [-0.39, 0.29) is 44.7 Å². The van der Waals surface area contributed by atoms with E-state index < -0.39 is 35.0 Å². The fourth-order valence-electron chi connectivity index (χ4n) is 3.76. The summed E-state index contributed by atoms with van der Waals surface area (Å²) in [6, 6.07) is 6.46. The summed E-state index contributed by atoms with van der Waals surface area (Å²) >= 11 is 0. The lowest BCUT2D eigenvalue weighted by Crippen LogP contribution is -2.50. The minimum absolute atomic E-state index is 0.0104. The molecule has 34 heavy (non-hydrogen) atoms. The highest BCUT2D eigenvalue weighted by atomic mass is 19.4. The number of nitrogens with one attached hydrogen (secondary N) is 1. The van der Waals surface area contributed by atoms with Crippen LogP contribution in [0.5, 0.6) is 0 Å². The summed E-state index contributed by atoms with van der Waals surface area (Å²) in [6.07, 6.45) is -10.1. The smallest absolute Gasteiger partial charge is 0.336 e. The number of carbonyl (C=O) groups is 2. The van der Waals surface area contributed by atoms with Gasteiger partial charge in [-0.3, -0.25) is 14.5 Å². The van der Waals surface area contributed by atoms with E-state index in [1.165, 1.54) is 4.90 Å². The molecule has 0 aromatic heterocycles. The number of para-hydroxylation sites is 1. The molecule has 2 amide bonds. The second-order valence-electron chi connectivity index (χ2n) is 8.18. The molecule has 11 heteroatoms. The maximum absolute atomic E-state index is 13.1. The lowest BCUT2D eigenvalue weighted by molar-refractivity contribution is -0.143. The number of anilines is 1. The summed E-state index contributed by atoms with van der Waals surface area (Å²) in [4.78, 5) is 28.1. The van der Waals surface area contributed by atoms with Gasteiger partial charge >= 0.3 is 12.4 Å². The Morgan fingerprint density at radius 1 is 0.853 bits per heavy atom. The number of piperazine rings is 1. The van der Waals surface area contributed by atoms with Crippen LogP contribution >= 0.6 is 0 Å². The predicted molar refractivity (Wildman–Crippen MR) is 113 cm³/mol. The molecule has 2 aromatic rings. The Morgan fingerprint density at radius 2 is 1.35 bits per heavy atom. The van der Waals surface area contributed by atoms with Crippen molar-refractivity contribution in [2.45, 2.75) is 26.2 Å². The van der Waals surface area contributed by atoms with Gasteiger partial charge in [-0.15, -0.1) is 0 Å². The number of rotatable bonds is 4. The van der Waals surface area contributed by atoms with Crippen molar-refractivity contribution in [3.05, 3.63) is 64.2 Å². The summed E-state index contributed by atoms with van der Waals surface area (Å²) in [7, 11) is 0. The molecular formula is C23H23F6N3O2. The number of alkyl halides is 6. The highest BCUT2D eigenvalue weighted by Gasteiger charge is 2.38. The molecular weight excluding hydrogens is 464 g/mol. The van der Waals surface area contributed by atoms with Crippen LogP contribution in [0, 0.1) is 13.8 Å². The molecule has 5 nitrogen and oxygen atoms in total. The lowest BCUT2D eigenvalue weighted by Gasteiger charge is -2.34. The van der Waals surface area contributed by atoms with Gasteiger partial charge in [-0.05, 0) is 43.2 Å². The Labute approximate surface area is 192 Å². The molecule has 0 spiro atoms. The van der Waals surface area contributed by atoms with Gasteiger partial charge in [0.25, 0.3) is 5.91 Å². The quantitative estimate of drug-likeness (QED) is 0.635. The predicted octanol–water partition coefficient (Wildman–Crippen LogP) is 4.74. The Kier molecular flexibility index (Phi) is 7.25. The van der Waals surface area contributed by atoms with Crippen LogP contribution in [0.15, 0.2) is 36.4 Å². The molecule has 1 fully saturated rings. The van der Waals surface area contributed by atoms with Crippen LogP contribution in [-0.2, 0) is 17.1 Å². The number of hydrogen-bond donors (Lipinski definition) is 1. The zero-order valence-electron chi connectivity index (χ0n) is 18.5. The third-order valence-electron chi connectivity index (χ3n) is 5.61. The largest absolute Gasteiger partial charge is 0.416 e. The van der Waals surface area contributed by atoms with Crippen molar-refractivity contribution in [2.75, 3.05) is 38.0 Å². The topological polar surface area (TPSA) is 52.7 Å². The molecule has 1 aliphatic rings. The first-order valence-corrected chi connectivity index (χ1v) is 10.4. The van der Waals surface area contributed by atoms with Crippen molar-refractivity contribution in [3.8, 4) is 0 Å². The van der Waals surface area contributed by atoms with E-state index in [0.717, 1.165) is 11.1 Å². The van der Waals surface area contributed by atoms with Gasteiger partial charge in [0.15, 0.2) is 0 Å². The average Bonchev–Trinajstić information content (AvgIpc) is 2.75. The van der Waals surface area contributed by atoms with Crippen molar-refractivity contribution in [1.29, 1.82) is 0 Å². The zero-order chi connectivity index (χ0) is 25.3. The molecule has 0 bridgehead atoms. The van der Waals surface area contributed by atoms with Gasteiger partial charge in [-0.1, -0.05) is 18.2 Å². The van der Waals surface area contributed by atoms with Crippen LogP contribution in [0.3, 0.4) is 0 Å². The molecule has 2 aromatic carbocycles. The van der Waals surface area contributed by atoms with Gasteiger partial charge in [0.1, 0.15) is 0 Å². The first kappa shape index (κ1) is 25.5. The second kappa shape index (κ2) is 9.65. The maximum atomic E-state index is 13.1. The van der Waals surface area contributed by atoms with E-state index in [2.05, 4.69) is 5.32 Å². The number of hydrogen-bond acceptors (Lipinski definition) is 3. The summed E-state index contributed by atoms with van der Waals surface area (Å²) < 4.78 is 78.5. The highest BCUT2D eigenvalue weighted by Crippen LogP contribution is 2.36. The first-order valence-electron chi connectivity index (χ1n) is 10.4. The molecule has 0 radical (unpaired) electrons. The lowest BCUT2D eigenvalue weighted by atomic mass is 10.0. The van der Waals surface area contributed by atoms with Crippen LogP contribution in [-0.4, -0.2) is 54.3 Å². The Morgan fingerprint density at radius 3 is 1.82 bits per heavy atom. The molecule has 1 saturated heterocycles. The Bertz CT molecular complexity index is 1020. The molecule has 0 atom stereocenters. The molecule has 3 rings (SSSR count). The standard InChI is InChI=1S/C23H23F6N3O2/c1-14-4-3-5-15(2)20(14)30-19(33)13-31-6-8-32(9-7-31)21(34)16-10-17(22(24,25)26)12-18(11-16)23(27,28)29/h3-5,10-12H,6-9,13H2,1-2H3,(H,30,33). The number of benzene rings is 2. The molecule has 1 heterocycles. The van der Waals surface area contributed by atoms with Gasteiger partial charge in [-0.25, -0.2) is 0 Å². The minimum atomic E-state index is -5.03. The zero-order valence-corrected chi connectivity index (χ0v) is 18.5. The van der Waals surface area contributed by atoms with E-state index in [9.17, 15) is 35.9 Å². The summed E-state index contributed by atoms with van der Waals surface area (Å²) in [6.45, 7) is 4.39. The van der Waals surface area contributed by atoms with Gasteiger partial charge in [0.05, 0.1) is 17.7 Å². The number of halogens is 6. The summed E-state index contributed by atoms with van der Waals surface area (Å²) in [5, 5.41) is 2.85. The number of carbonyl (C=O) groups excluding carboxylic acids is 2. The molecule has 184 valence electrons. The third kappa shape index (κ3) is 6.07. The fourth-order valence-corrected chi connectivity index (χ4v) is 3.76. The summed E-state index contributed by atoms with van der Waals surface area (Å²) in [5.41, 5.74) is -1.22. The van der Waals surface area contributed by atoms with Crippen molar-refractivity contribution in [1.82, 2.24) is 9.80 Å². The van der Waals surface area contributed by atoms with Crippen molar-refractivity contribution >= 4 is 17.5 Å². The van der Waals surface area contributed by atoms with Crippen LogP contribution in [0.1, 0.15) is 32.6 Å². The van der Waals surface area contributed by atoms with Crippen LogP contribution in [0.25, 0.3) is 0 Å². The van der Waals surface area contributed by atoms with E-state index in [0.29, 0.717) is 17.8 Å². The number of aryl methyl sites for hydroxylation is 2. The van der Waals surface area contributed by atoms with Gasteiger partial charge < -0.3 is 10.2 Å². The minimum Gasteiger partial charge on any atom is -0.336 e. The first-order chi connectivity index (χ1) is 15.8. The molecule has 0 aliphatic carbocycles. The molecule has 0 saturated carbocycles. The van der Waals surface area contributed by atoms with Gasteiger partial charge in [0, 0.05) is 37.4 Å². The number of amides is 2. The monoisotopic (exact) mass is 487 g/mol. The van der Waals surface area contributed by atoms with Crippen molar-refractivity contribution < 1.29 is 35.9 Å². The molecule has 1 aliphatic heterocycles. The summed E-state index contributed by atoms with van der Waals surface area (Å²) in [5.74, 6) is -1.18.